The molecule has 1 aliphatic rings. The van der Waals surface area contributed by atoms with Gasteiger partial charge in [0, 0.05) is 6.26 Å². The number of nitrogens with zero attached hydrogens (tertiary/aromatic N) is 1. The first kappa shape index (κ1) is 23.3. The van der Waals surface area contributed by atoms with Gasteiger partial charge in [-0.05, 0) is 42.2 Å². The molecule has 1 aromatic heterocycles. The summed E-state index contributed by atoms with van der Waals surface area (Å²) in [6.45, 7) is 0. The quantitative estimate of drug-likeness (QED) is 0.500. The van der Waals surface area contributed by atoms with Crippen molar-refractivity contribution in [3.63, 3.8) is 0 Å². The molecule has 33 heavy (non-hydrogen) atoms. The predicted octanol–water partition coefficient (Wildman–Crippen LogP) is 5.55. The summed E-state index contributed by atoms with van der Waals surface area (Å²) in [5, 5.41) is 2.59. The third-order valence-corrected chi connectivity index (χ3v) is 7.15. The summed E-state index contributed by atoms with van der Waals surface area (Å²) in [5.41, 5.74) is -0.155. The van der Waals surface area contributed by atoms with Gasteiger partial charge in [0.15, 0.2) is 15.4 Å². The van der Waals surface area contributed by atoms with Gasteiger partial charge < -0.3 is 4.42 Å². The van der Waals surface area contributed by atoms with Gasteiger partial charge in [0.25, 0.3) is 0 Å². The summed E-state index contributed by atoms with van der Waals surface area (Å²) in [6, 6.07) is 9.88. The number of nitrogens with one attached hydrogen (secondary N) is 1. The lowest BCUT2D eigenvalue weighted by Crippen LogP contribution is -2.24. The summed E-state index contributed by atoms with van der Waals surface area (Å²) >= 11 is 0. The number of anilines is 1. The fourth-order valence-corrected chi connectivity index (χ4v) is 5.29. The number of para-hydroxylation sites is 2. The Morgan fingerprint density at radius 2 is 1.88 bits per heavy atom. The zero-order chi connectivity index (χ0) is 23.8. The van der Waals surface area contributed by atoms with Crippen molar-refractivity contribution in [1.29, 1.82) is 0 Å². The minimum atomic E-state index is -4.89. The monoisotopic (exact) mass is 480 g/mol. The van der Waals surface area contributed by atoms with E-state index in [1.807, 2.05) is 0 Å². The van der Waals surface area contributed by atoms with Crippen LogP contribution in [0.3, 0.4) is 0 Å². The largest absolute Gasteiger partial charge is 0.423 e. The van der Waals surface area contributed by atoms with E-state index in [0.29, 0.717) is 17.5 Å². The maximum absolute atomic E-state index is 13.7. The van der Waals surface area contributed by atoms with Crippen molar-refractivity contribution in [2.24, 2.45) is 5.92 Å². The maximum atomic E-state index is 13.7. The lowest BCUT2D eigenvalue weighted by Gasteiger charge is -2.22. The Hall–Kier alpha value is -2.88. The van der Waals surface area contributed by atoms with Crippen molar-refractivity contribution in [3.8, 4) is 0 Å². The van der Waals surface area contributed by atoms with E-state index in [9.17, 15) is 26.4 Å². The second-order valence-corrected chi connectivity index (χ2v) is 10.4. The van der Waals surface area contributed by atoms with Gasteiger partial charge in [0.2, 0.25) is 5.91 Å². The first-order valence-corrected chi connectivity index (χ1v) is 12.5. The zero-order valence-corrected chi connectivity index (χ0v) is 18.7. The third kappa shape index (κ3) is 5.21. The topological polar surface area (TPSA) is 89.3 Å². The molecule has 0 radical (unpaired) electrons. The highest BCUT2D eigenvalue weighted by atomic mass is 32.2. The number of carbonyl (C=O) groups is 1. The van der Waals surface area contributed by atoms with Crippen LogP contribution in [0.25, 0.3) is 11.1 Å². The molecule has 3 aromatic rings. The number of hydrogen-bond acceptors (Lipinski definition) is 5. The number of sulfone groups is 1. The summed E-state index contributed by atoms with van der Waals surface area (Å²) in [7, 11) is -4.11. The van der Waals surface area contributed by atoms with Crippen LogP contribution in [0.15, 0.2) is 51.8 Å². The highest BCUT2D eigenvalue weighted by Crippen LogP contribution is 2.39. The summed E-state index contributed by atoms with van der Waals surface area (Å²) in [6.07, 6.45) is -0.0196. The summed E-state index contributed by atoms with van der Waals surface area (Å²) in [5.74, 6) is -1.28. The van der Waals surface area contributed by atoms with Crippen LogP contribution in [-0.2, 0) is 20.8 Å². The van der Waals surface area contributed by atoms with Gasteiger partial charge in [-0.25, -0.2) is 8.42 Å². The molecule has 1 atom stereocenters. The SMILES string of the molecule is CS(=O)(=O)c1ccc(C(CC2CCCC2)C(=O)Nc2nc3ccccc3o2)cc1C(F)(F)F. The van der Waals surface area contributed by atoms with E-state index in [1.54, 1.807) is 24.3 Å². The number of carbonyl (C=O) groups excluding carboxylic acids is 1. The Bertz CT molecular complexity index is 1250. The molecule has 1 fully saturated rings. The molecule has 0 saturated heterocycles. The highest BCUT2D eigenvalue weighted by Gasteiger charge is 2.38. The second kappa shape index (κ2) is 8.81. The third-order valence-electron chi connectivity index (χ3n) is 6.00. The van der Waals surface area contributed by atoms with Crippen LogP contribution in [0.1, 0.15) is 49.1 Å². The summed E-state index contributed by atoms with van der Waals surface area (Å²) in [4.78, 5) is 16.6. The molecule has 2 aromatic carbocycles. The van der Waals surface area contributed by atoms with E-state index in [0.717, 1.165) is 44.1 Å². The van der Waals surface area contributed by atoms with Crippen LogP contribution in [0, 0.1) is 5.92 Å². The predicted molar refractivity (Wildman–Crippen MR) is 117 cm³/mol. The summed E-state index contributed by atoms with van der Waals surface area (Å²) < 4.78 is 70.5. The number of fused-ring (bicyclic) bond motifs is 1. The standard InChI is InChI=1S/C23H23F3N2O4S/c1-33(30,31)20-11-10-15(13-17(20)23(24,25)26)16(12-14-6-2-3-7-14)21(29)28-22-27-18-8-4-5-9-19(18)32-22/h4-5,8-11,13-14,16H,2-3,6-7,12H2,1H3,(H,27,28,29). The fraction of sp³-hybridized carbons (Fsp3) is 0.391. The number of oxazole rings is 1. The average Bonchev–Trinajstić information content (AvgIpc) is 3.39. The number of halogens is 3. The molecular formula is C23H23F3N2O4S. The normalized spacial score (nSPS) is 16.2. The molecule has 1 unspecified atom stereocenters. The average molecular weight is 481 g/mol. The Balaban J connectivity index is 1.71. The molecule has 1 aliphatic carbocycles. The van der Waals surface area contributed by atoms with Crippen LogP contribution < -0.4 is 5.32 Å². The van der Waals surface area contributed by atoms with E-state index in [1.165, 1.54) is 6.07 Å². The lowest BCUT2D eigenvalue weighted by atomic mass is 9.86. The van der Waals surface area contributed by atoms with E-state index in [-0.39, 0.29) is 17.5 Å². The number of rotatable bonds is 6. The molecule has 0 spiro atoms. The van der Waals surface area contributed by atoms with Crippen molar-refractivity contribution < 1.29 is 30.8 Å². The Morgan fingerprint density at radius 3 is 2.52 bits per heavy atom. The number of hydrogen-bond donors (Lipinski definition) is 1. The highest BCUT2D eigenvalue weighted by molar-refractivity contribution is 7.90. The molecule has 1 N–H and O–H groups in total. The lowest BCUT2D eigenvalue weighted by molar-refractivity contribution is -0.140. The first-order valence-electron chi connectivity index (χ1n) is 10.6. The van der Waals surface area contributed by atoms with Crippen molar-refractivity contribution in [3.05, 3.63) is 53.6 Å². The van der Waals surface area contributed by atoms with E-state index < -0.39 is 38.3 Å². The van der Waals surface area contributed by atoms with Gasteiger partial charge in [0.1, 0.15) is 5.52 Å². The van der Waals surface area contributed by atoms with E-state index >= 15 is 0 Å². The maximum Gasteiger partial charge on any atom is 0.417 e. The van der Waals surface area contributed by atoms with Crippen molar-refractivity contribution in [2.45, 2.75) is 49.1 Å². The van der Waals surface area contributed by atoms with Gasteiger partial charge in [-0.1, -0.05) is 43.9 Å². The Morgan fingerprint density at radius 1 is 1.18 bits per heavy atom. The van der Waals surface area contributed by atoms with Gasteiger partial charge in [0.05, 0.1) is 16.4 Å². The molecule has 1 amide bonds. The van der Waals surface area contributed by atoms with Gasteiger partial charge in [-0.3, -0.25) is 10.1 Å². The first-order chi connectivity index (χ1) is 15.5. The van der Waals surface area contributed by atoms with Crippen molar-refractivity contribution in [1.82, 2.24) is 4.98 Å². The van der Waals surface area contributed by atoms with Crippen LogP contribution in [-0.4, -0.2) is 25.6 Å². The van der Waals surface area contributed by atoms with E-state index in [4.69, 9.17) is 4.42 Å². The van der Waals surface area contributed by atoms with Crippen molar-refractivity contribution in [2.75, 3.05) is 11.6 Å². The van der Waals surface area contributed by atoms with Gasteiger partial charge >= 0.3 is 12.2 Å². The smallest absolute Gasteiger partial charge is 0.417 e. The number of amides is 1. The van der Waals surface area contributed by atoms with E-state index in [2.05, 4.69) is 10.3 Å². The minimum Gasteiger partial charge on any atom is -0.423 e. The molecule has 10 heteroatoms. The van der Waals surface area contributed by atoms with Crippen LogP contribution in [0.4, 0.5) is 19.2 Å². The number of alkyl halides is 3. The van der Waals surface area contributed by atoms with Gasteiger partial charge in [-0.15, -0.1) is 0 Å². The van der Waals surface area contributed by atoms with Crippen LogP contribution in [0.5, 0.6) is 0 Å². The molecular weight excluding hydrogens is 457 g/mol. The fourth-order valence-electron chi connectivity index (χ4n) is 4.40. The zero-order valence-electron chi connectivity index (χ0n) is 17.9. The number of benzene rings is 2. The molecule has 4 rings (SSSR count). The molecule has 6 nitrogen and oxygen atoms in total. The Kier molecular flexibility index (Phi) is 6.22. The van der Waals surface area contributed by atoms with Gasteiger partial charge in [-0.2, -0.15) is 18.2 Å². The second-order valence-electron chi connectivity index (χ2n) is 8.44. The molecule has 0 bridgehead atoms. The van der Waals surface area contributed by atoms with Crippen molar-refractivity contribution >= 4 is 32.9 Å². The van der Waals surface area contributed by atoms with Crippen LogP contribution >= 0.6 is 0 Å². The molecule has 1 saturated carbocycles. The molecule has 0 aliphatic heterocycles. The minimum absolute atomic E-state index is 0.0403. The molecule has 176 valence electrons. The Labute approximate surface area is 189 Å². The number of aromatic nitrogens is 1. The molecule has 1 heterocycles. The van der Waals surface area contributed by atoms with Crippen LogP contribution in [0.2, 0.25) is 0 Å².